The molecule has 0 aliphatic rings. The molecule has 0 aliphatic carbocycles. The molecule has 0 spiro atoms. The van der Waals surface area contributed by atoms with E-state index in [4.69, 9.17) is 0 Å². The first-order chi connectivity index (χ1) is 7.45. The molecule has 0 saturated carbocycles. The van der Waals surface area contributed by atoms with Crippen LogP contribution in [0.2, 0.25) is 0 Å². The predicted octanol–water partition coefficient (Wildman–Crippen LogP) is 2.11. The fourth-order valence-corrected chi connectivity index (χ4v) is 2.48. The highest BCUT2D eigenvalue weighted by Gasteiger charge is 1.98. The maximum atomic E-state index is 4.11. The van der Waals surface area contributed by atoms with Crippen LogP contribution in [0.1, 0.15) is 0 Å². The molecule has 0 aromatic carbocycles. The van der Waals surface area contributed by atoms with E-state index >= 15 is 0 Å². The van der Waals surface area contributed by atoms with Crippen LogP contribution in [0.3, 0.4) is 0 Å². The molecule has 0 unspecified atom stereocenters. The number of aromatic nitrogens is 4. The summed E-state index contributed by atoms with van der Waals surface area (Å²) in [7, 11) is 0. The highest BCUT2D eigenvalue weighted by atomic mass is 32.2. The van der Waals surface area contributed by atoms with Crippen LogP contribution in [-0.4, -0.2) is 25.0 Å². The Kier molecular flexibility index (Phi) is 3.92. The third-order valence-corrected chi connectivity index (χ3v) is 3.34. The first kappa shape index (κ1) is 10.4. The van der Waals surface area contributed by atoms with E-state index in [-0.39, 0.29) is 0 Å². The van der Waals surface area contributed by atoms with Gasteiger partial charge in [0.25, 0.3) is 0 Å². The Morgan fingerprint density at radius 3 is 1.53 bits per heavy atom. The van der Waals surface area contributed by atoms with Gasteiger partial charge in [0.05, 0.1) is 5.08 Å². The average Bonchev–Trinajstić information content (AvgIpc) is 2.32. The highest BCUT2D eigenvalue weighted by Crippen LogP contribution is 2.21. The molecule has 0 bridgehead atoms. The molecule has 0 aliphatic heterocycles. The summed E-state index contributed by atoms with van der Waals surface area (Å²) in [6, 6.07) is 3.61. The maximum Gasteiger partial charge on any atom is 0.188 e. The summed E-state index contributed by atoms with van der Waals surface area (Å²) >= 11 is 3.15. The van der Waals surface area contributed by atoms with E-state index in [1.807, 2.05) is 0 Å². The van der Waals surface area contributed by atoms with Gasteiger partial charge in [-0.1, -0.05) is 23.5 Å². The Labute approximate surface area is 96.0 Å². The molecule has 76 valence electrons. The van der Waals surface area contributed by atoms with Crippen LogP contribution >= 0.6 is 23.5 Å². The number of hydrogen-bond acceptors (Lipinski definition) is 6. The maximum absolute atomic E-state index is 4.11. The monoisotopic (exact) mass is 236 g/mol. The second-order valence-corrected chi connectivity index (χ2v) is 4.72. The molecule has 0 atom stereocenters. The van der Waals surface area contributed by atoms with Crippen molar-refractivity contribution in [3.8, 4) is 0 Å². The van der Waals surface area contributed by atoms with E-state index in [0.717, 1.165) is 15.4 Å². The molecule has 2 rings (SSSR count). The van der Waals surface area contributed by atoms with Crippen molar-refractivity contribution >= 4 is 23.5 Å². The molecule has 2 aromatic heterocycles. The summed E-state index contributed by atoms with van der Waals surface area (Å²) < 4.78 is 0. The fourth-order valence-electron chi connectivity index (χ4n) is 0.855. The molecule has 0 radical (unpaired) electrons. The van der Waals surface area contributed by atoms with Crippen molar-refractivity contribution in [2.24, 2.45) is 0 Å². The molecule has 6 heteroatoms. The SMILES string of the molecule is c1cnc(SCSc2ncccn2)nc1. The standard InChI is InChI=1S/C9H8N4S2/c1-3-10-8(11-4-1)14-7-15-9-12-5-2-6-13-9/h1-6H,7H2. The van der Waals surface area contributed by atoms with Crippen molar-refractivity contribution in [2.75, 3.05) is 5.08 Å². The molecular weight excluding hydrogens is 228 g/mol. The van der Waals surface area contributed by atoms with E-state index in [1.165, 1.54) is 0 Å². The third-order valence-electron chi connectivity index (χ3n) is 1.46. The van der Waals surface area contributed by atoms with Gasteiger partial charge >= 0.3 is 0 Å². The number of thioether (sulfide) groups is 2. The van der Waals surface area contributed by atoms with Gasteiger partial charge in [-0.25, -0.2) is 19.9 Å². The van der Waals surface area contributed by atoms with Crippen molar-refractivity contribution in [2.45, 2.75) is 10.3 Å². The lowest BCUT2D eigenvalue weighted by Gasteiger charge is -1.98. The van der Waals surface area contributed by atoms with Gasteiger partial charge in [0.2, 0.25) is 0 Å². The minimum absolute atomic E-state index is 0.779. The van der Waals surface area contributed by atoms with E-state index in [9.17, 15) is 0 Å². The number of hydrogen-bond donors (Lipinski definition) is 0. The van der Waals surface area contributed by atoms with Gasteiger partial charge in [-0.2, -0.15) is 0 Å². The molecular formula is C9H8N4S2. The zero-order valence-electron chi connectivity index (χ0n) is 7.78. The van der Waals surface area contributed by atoms with Gasteiger partial charge < -0.3 is 0 Å². The van der Waals surface area contributed by atoms with Gasteiger partial charge in [0.15, 0.2) is 10.3 Å². The first-order valence-electron chi connectivity index (χ1n) is 4.25. The fraction of sp³-hybridized carbons (Fsp3) is 0.111. The molecule has 15 heavy (non-hydrogen) atoms. The molecule has 0 fully saturated rings. The molecule has 0 N–H and O–H groups in total. The summed E-state index contributed by atoms with van der Waals surface area (Å²) in [6.07, 6.45) is 6.94. The summed E-state index contributed by atoms with van der Waals surface area (Å²) in [5, 5.41) is 2.37. The molecule has 0 saturated heterocycles. The molecule has 2 heterocycles. The van der Waals surface area contributed by atoms with Gasteiger partial charge in [-0.05, 0) is 12.1 Å². The van der Waals surface area contributed by atoms with Crippen molar-refractivity contribution in [1.29, 1.82) is 0 Å². The van der Waals surface area contributed by atoms with Crippen LogP contribution in [-0.2, 0) is 0 Å². The van der Waals surface area contributed by atoms with Gasteiger partial charge in [0.1, 0.15) is 0 Å². The van der Waals surface area contributed by atoms with Crippen molar-refractivity contribution in [3.05, 3.63) is 36.9 Å². The van der Waals surface area contributed by atoms with Crippen LogP contribution < -0.4 is 0 Å². The van der Waals surface area contributed by atoms with Gasteiger partial charge in [0, 0.05) is 24.8 Å². The average molecular weight is 236 g/mol. The smallest absolute Gasteiger partial charge is 0.188 e. The second-order valence-electron chi connectivity index (χ2n) is 2.47. The Bertz CT molecular complexity index is 356. The first-order valence-corrected chi connectivity index (χ1v) is 6.22. The normalized spacial score (nSPS) is 10.1. The highest BCUT2D eigenvalue weighted by molar-refractivity contribution is 8.15. The zero-order chi connectivity index (χ0) is 10.3. The van der Waals surface area contributed by atoms with Crippen LogP contribution in [0.25, 0.3) is 0 Å². The van der Waals surface area contributed by atoms with E-state index in [1.54, 1.807) is 60.4 Å². The third kappa shape index (κ3) is 3.49. The minimum Gasteiger partial charge on any atom is -0.231 e. The predicted molar refractivity (Wildman–Crippen MR) is 60.6 cm³/mol. The Balaban J connectivity index is 1.81. The van der Waals surface area contributed by atoms with E-state index in [2.05, 4.69) is 19.9 Å². The lowest BCUT2D eigenvalue weighted by Crippen LogP contribution is -1.86. The lowest BCUT2D eigenvalue weighted by molar-refractivity contribution is 0.965. The van der Waals surface area contributed by atoms with E-state index in [0.29, 0.717) is 0 Å². The van der Waals surface area contributed by atoms with Crippen LogP contribution in [0.5, 0.6) is 0 Å². The largest absolute Gasteiger partial charge is 0.231 e. The Morgan fingerprint density at radius 2 is 1.13 bits per heavy atom. The summed E-state index contributed by atoms with van der Waals surface area (Å²) in [4.78, 5) is 16.4. The number of nitrogens with zero attached hydrogens (tertiary/aromatic N) is 4. The van der Waals surface area contributed by atoms with Crippen LogP contribution in [0, 0.1) is 0 Å². The van der Waals surface area contributed by atoms with Crippen molar-refractivity contribution in [1.82, 2.24) is 19.9 Å². The lowest BCUT2D eigenvalue weighted by atomic mass is 10.7. The van der Waals surface area contributed by atoms with Gasteiger partial charge in [-0.15, -0.1) is 0 Å². The Morgan fingerprint density at radius 1 is 0.733 bits per heavy atom. The van der Waals surface area contributed by atoms with Crippen molar-refractivity contribution in [3.63, 3.8) is 0 Å². The molecule has 0 amide bonds. The zero-order valence-corrected chi connectivity index (χ0v) is 9.41. The summed E-state index contributed by atoms with van der Waals surface area (Å²) in [6.45, 7) is 0. The minimum atomic E-state index is 0.779. The summed E-state index contributed by atoms with van der Waals surface area (Å²) in [5.74, 6) is 0. The molecule has 2 aromatic rings. The topological polar surface area (TPSA) is 51.6 Å². The van der Waals surface area contributed by atoms with Crippen LogP contribution in [0.15, 0.2) is 47.2 Å². The van der Waals surface area contributed by atoms with Crippen molar-refractivity contribution < 1.29 is 0 Å². The quantitative estimate of drug-likeness (QED) is 0.460. The molecule has 4 nitrogen and oxygen atoms in total. The summed E-state index contributed by atoms with van der Waals surface area (Å²) in [5.41, 5.74) is 0. The second kappa shape index (κ2) is 5.67. The number of rotatable bonds is 4. The van der Waals surface area contributed by atoms with Crippen LogP contribution in [0.4, 0.5) is 0 Å². The van der Waals surface area contributed by atoms with E-state index < -0.39 is 0 Å². The van der Waals surface area contributed by atoms with Gasteiger partial charge in [-0.3, -0.25) is 0 Å². The Hall–Kier alpha value is -1.14.